The first kappa shape index (κ1) is 20.5. The van der Waals surface area contributed by atoms with Crippen molar-refractivity contribution >= 4 is 17.9 Å². The number of aldehydes is 1. The molecule has 1 unspecified atom stereocenters. The molecule has 0 amide bonds. The number of carbonyl (C=O) groups excluding carboxylic acids is 1. The van der Waals surface area contributed by atoms with Crippen LogP contribution in [-0.2, 0) is 11.3 Å². The third-order valence-corrected chi connectivity index (χ3v) is 5.82. The second-order valence-electron chi connectivity index (χ2n) is 7.71. The quantitative estimate of drug-likeness (QED) is 0.700. The summed E-state index contributed by atoms with van der Waals surface area (Å²) >= 11 is 6.20. The van der Waals surface area contributed by atoms with Gasteiger partial charge in [-0.2, -0.15) is 0 Å². The smallest absolute Gasteiger partial charge is 0.150 e. The van der Waals surface area contributed by atoms with Crippen LogP contribution in [-0.4, -0.2) is 42.5 Å². The van der Waals surface area contributed by atoms with Gasteiger partial charge in [-0.05, 0) is 36.3 Å². The molecule has 5 nitrogen and oxygen atoms in total. The van der Waals surface area contributed by atoms with Gasteiger partial charge in [0.1, 0.15) is 24.8 Å². The topological polar surface area (TPSA) is 44.8 Å². The molecule has 6 heteroatoms. The van der Waals surface area contributed by atoms with Gasteiger partial charge < -0.3 is 14.5 Å². The van der Waals surface area contributed by atoms with Crippen LogP contribution < -0.4 is 5.32 Å². The molecular formula is C24H26ClN3O2. The Morgan fingerprint density at radius 2 is 2.07 bits per heavy atom. The fraction of sp³-hybridized carbons (Fsp3) is 0.292. The summed E-state index contributed by atoms with van der Waals surface area (Å²) in [5, 5.41) is 4.48. The van der Waals surface area contributed by atoms with Gasteiger partial charge in [0.25, 0.3) is 0 Å². The second-order valence-corrected chi connectivity index (χ2v) is 8.14. The molecule has 0 aromatic heterocycles. The molecule has 0 aliphatic carbocycles. The first-order valence-corrected chi connectivity index (χ1v) is 10.5. The Labute approximate surface area is 182 Å². The number of hydrogen-bond acceptors (Lipinski definition) is 5. The minimum atomic E-state index is -0.0368. The highest BCUT2D eigenvalue weighted by Gasteiger charge is 2.33. The van der Waals surface area contributed by atoms with Gasteiger partial charge in [-0.25, -0.2) is 0 Å². The number of likely N-dealkylation sites (N-methyl/N-ethyl adjacent to an activating group) is 1. The molecule has 2 atom stereocenters. The molecule has 0 saturated carbocycles. The summed E-state index contributed by atoms with van der Waals surface area (Å²) in [5.74, 6) is 0.905. The molecule has 0 saturated heterocycles. The average Bonchev–Trinajstić information content (AvgIpc) is 2.76. The number of allylic oxidation sites excluding steroid dienone is 1. The van der Waals surface area contributed by atoms with E-state index in [0.717, 1.165) is 41.4 Å². The molecule has 1 N–H and O–H groups in total. The first-order chi connectivity index (χ1) is 14.5. The predicted octanol–water partition coefficient (Wildman–Crippen LogP) is 4.33. The molecule has 2 aromatic carbocycles. The number of nitrogens with one attached hydrogen (secondary N) is 1. The van der Waals surface area contributed by atoms with E-state index in [9.17, 15) is 4.79 Å². The summed E-state index contributed by atoms with van der Waals surface area (Å²) in [6.07, 6.45) is 4.90. The Bertz CT molecular complexity index is 971. The van der Waals surface area contributed by atoms with E-state index in [1.807, 2.05) is 54.7 Å². The van der Waals surface area contributed by atoms with Crippen molar-refractivity contribution in [1.29, 1.82) is 0 Å². The zero-order valence-electron chi connectivity index (χ0n) is 17.2. The molecule has 30 heavy (non-hydrogen) atoms. The van der Waals surface area contributed by atoms with Crippen molar-refractivity contribution in [1.82, 2.24) is 15.1 Å². The Kier molecular flexibility index (Phi) is 6.11. The average molecular weight is 424 g/mol. The molecule has 4 rings (SSSR count). The Morgan fingerprint density at radius 3 is 2.80 bits per heavy atom. The van der Waals surface area contributed by atoms with E-state index in [1.165, 1.54) is 5.56 Å². The van der Waals surface area contributed by atoms with E-state index in [-0.39, 0.29) is 12.2 Å². The van der Waals surface area contributed by atoms with Crippen molar-refractivity contribution in [2.24, 2.45) is 0 Å². The lowest BCUT2D eigenvalue weighted by molar-refractivity contribution is 0.0972. The minimum Gasteiger partial charge on any atom is -0.490 e. The summed E-state index contributed by atoms with van der Waals surface area (Å²) in [6.45, 7) is 4.37. The summed E-state index contributed by atoms with van der Waals surface area (Å²) in [7, 11) is 2.06. The lowest BCUT2D eigenvalue weighted by atomic mass is 10.0. The Balaban J connectivity index is 1.58. The van der Waals surface area contributed by atoms with Gasteiger partial charge in [-0.1, -0.05) is 48.0 Å². The van der Waals surface area contributed by atoms with Gasteiger partial charge in [0, 0.05) is 36.4 Å². The van der Waals surface area contributed by atoms with E-state index in [2.05, 4.69) is 35.2 Å². The normalized spacial score (nSPS) is 19.4. The molecule has 0 bridgehead atoms. The van der Waals surface area contributed by atoms with Crippen molar-refractivity contribution in [2.45, 2.75) is 25.7 Å². The summed E-state index contributed by atoms with van der Waals surface area (Å²) in [5.41, 5.74) is 4.11. The first-order valence-electron chi connectivity index (χ1n) is 10.1. The van der Waals surface area contributed by atoms with Gasteiger partial charge in [-0.15, -0.1) is 0 Å². The van der Waals surface area contributed by atoms with E-state index >= 15 is 0 Å². The van der Waals surface area contributed by atoms with Crippen molar-refractivity contribution < 1.29 is 9.53 Å². The Morgan fingerprint density at radius 1 is 1.27 bits per heavy atom. The molecule has 2 aliphatic rings. The van der Waals surface area contributed by atoms with Crippen molar-refractivity contribution in [2.75, 3.05) is 20.2 Å². The van der Waals surface area contributed by atoms with Crippen LogP contribution in [0.1, 0.15) is 34.5 Å². The molecule has 2 aromatic rings. The van der Waals surface area contributed by atoms with Crippen molar-refractivity contribution in [3.63, 3.8) is 0 Å². The van der Waals surface area contributed by atoms with Crippen LogP contribution in [0.2, 0.25) is 5.02 Å². The van der Waals surface area contributed by atoms with E-state index < -0.39 is 0 Å². The molecule has 0 radical (unpaired) electrons. The minimum absolute atomic E-state index is 0.0368. The third kappa shape index (κ3) is 4.37. The highest BCUT2D eigenvalue weighted by atomic mass is 35.5. The van der Waals surface area contributed by atoms with Gasteiger partial charge >= 0.3 is 0 Å². The Hall–Kier alpha value is -2.76. The van der Waals surface area contributed by atoms with Gasteiger partial charge in [0.15, 0.2) is 0 Å². The van der Waals surface area contributed by atoms with E-state index in [4.69, 9.17) is 16.3 Å². The van der Waals surface area contributed by atoms with Crippen LogP contribution in [0.4, 0.5) is 0 Å². The fourth-order valence-electron chi connectivity index (χ4n) is 3.93. The lowest BCUT2D eigenvalue weighted by Gasteiger charge is -2.43. The zero-order valence-corrected chi connectivity index (χ0v) is 18.0. The van der Waals surface area contributed by atoms with Crippen LogP contribution in [0.3, 0.4) is 0 Å². The second kappa shape index (κ2) is 8.94. The number of nitrogens with zero attached hydrogens (tertiary/aromatic N) is 2. The summed E-state index contributed by atoms with van der Waals surface area (Å²) in [4.78, 5) is 15.5. The summed E-state index contributed by atoms with van der Waals surface area (Å²) < 4.78 is 5.99. The highest BCUT2D eigenvalue weighted by molar-refractivity contribution is 6.30. The third-order valence-electron chi connectivity index (χ3n) is 5.58. The fourth-order valence-corrected chi connectivity index (χ4v) is 4.15. The molecule has 2 aliphatic heterocycles. The maximum absolute atomic E-state index is 10.9. The summed E-state index contributed by atoms with van der Waals surface area (Å²) in [6, 6.07) is 15.8. The van der Waals surface area contributed by atoms with Crippen LogP contribution in [0, 0.1) is 0 Å². The van der Waals surface area contributed by atoms with E-state index in [0.29, 0.717) is 12.2 Å². The van der Waals surface area contributed by atoms with Gasteiger partial charge in [0.05, 0.1) is 12.2 Å². The maximum atomic E-state index is 10.9. The highest BCUT2D eigenvalue weighted by Crippen LogP contribution is 2.30. The number of carbonyl (C=O) groups is 1. The van der Waals surface area contributed by atoms with Gasteiger partial charge in [0.2, 0.25) is 0 Å². The lowest BCUT2D eigenvalue weighted by Crippen LogP contribution is -2.51. The monoisotopic (exact) mass is 423 g/mol. The van der Waals surface area contributed by atoms with Crippen LogP contribution in [0.25, 0.3) is 0 Å². The molecule has 0 spiro atoms. The predicted molar refractivity (Wildman–Crippen MR) is 119 cm³/mol. The molecule has 156 valence electrons. The largest absolute Gasteiger partial charge is 0.490 e. The van der Waals surface area contributed by atoms with Crippen LogP contribution >= 0.6 is 11.6 Å². The number of halogens is 1. The maximum Gasteiger partial charge on any atom is 0.150 e. The molecule has 2 heterocycles. The zero-order chi connectivity index (χ0) is 21.1. The molecular weight excluding hydrogens is 398 g/mol. The number of ether oxygens (including phenoxy) is 1. The van der Waals surface area contributed by atoms with E-state index in [1.54, 1.807) is 0 Å². The van der Waals surface area contributed by atoms with Crippen LogP contribution in [0.15, 0.2) is 72.3 Å². The molecule has 0 fully saturated rings. The van der Waals surface area contributed by atoms with Crippen molar-refractivity contribution in [3.05, 3.63) is 94.0 Å². The van der Waals surface area contributed by atoms with Gasteiger partial charge in [-0.3, -0.25) is 10.1 Å². The number of benzene rings is 2. The standard InChI is InChI=1S/C24H26ClN3O2/c1-17(20-8-6-18(16-29)7-9-20)26-24-23-22(10-11-27(24)2)30-13-12-28(23)15-19-4-3-5-21(25)14-19/h3-11,14,16-17,24,26H,12-13,15H2,1-2H3/t17-,24?/m0/s1. The van der Waals surface area contributed by atoms with Crippen molar-refractivity contribution in [3.8, 4) is 0 Å². The van der Waals surface area contributed by atoms with Crippen LogP contribution in [0.5, 0.6) is 0 Å². The number of rotatable bonds is 6. The number of hydrogen-bond donors (Lipinski definition) is 1. The SMILES string of the molecule is C[C@H](NC1C2=C(C=CN1C)OCCN2Cc1cccc(Cl)c1)c1ccc(C=O)cc1.